The summed E-state index contributed by atoms with van der Waals surface area (Å²) in [7, 11) is 0. The number of hydrogen-bond acceptors (Lipinski definition) is 6. The summed E-state index contributed by atoms with van der Waals surface area (Å²) in [6, 6.07) is 2.28. The summed E-state index contributed by atoms with van der Waals surface area (Å²) in [5.41, 5.74) is 0.0105. The maximum absolute atomic E-state index is 10.9. The number of carboxylic acids is 1. The smallest absolute Gasteiger partial charge is 0.320 e. The van der Waals surface area contributed by atoms with E-state index in [-0.39, 0.29) is 5.69 Å². The summed E-state index contributed by atoms with van der Waals surface area (Å²) < 4.78 is 0. The number of piperazine rings is 1. The minimum atomic E-state index is -0.841. The number of anilines is 1. The molecule has 1 fully saturated rings. The number of nitro groups is 1. The molecular weight excluding hydrogens is 264 g/mol. The first-order valence-electron chi connectivity index (χ1n) is 6.31. The van der Waals surface area contributed by atoms with Crippen LogP contribution in [0.2, 0.25) is 0 Å². The SMILES string of the molecule is CC(C(=O)O)N1CCN(c2cc([N+](=O)[O-])ccn2)CC1. The molecule has 0 radical (unpaired) electrons. The zero-order valence-electron chi connectivity index (χ0n) is 11.1. The number of carbonyl (C=O) groups is 1. The van der Waals surface area contributed by atoms with Gasteiger partial charge in [-0.1, -0.05) is 0 Å². The summed E-state index contributed by atoms with van der Waals surface area (Å²) in [4.78, 5) is 29.2. The average Bonchev–Trinajstić information content (AvgIpc) is 2.46. The van der Waals surface area contributed by atoms with E-state index < -0.39 is 16.9 Å². The fourth-order valence-electron chi connectivity index (χ4n) is 2.19. The van der Waals surface area contributed by atoms with E-state index in [9.17, 15) is 14.9 Å². The van der Waals surface area contributed by atoms with Gasteiger partial charge >= 0.3 is 5.97 Å². The van der Waals surface area contributed by atoms with Gasteiger partial charge < -0.3 is 10.0 Å². The second-order valence-corrected chi connectivity index (χ2v) is 4.67. The Bertz CT molecular complexity index is 514. The van der Waals surface area contributed by atoms with Crippen molar-refractivity contribution < 1.29 is 14.8 Å². The van der Waals surface area contributed by atoms with E-state index in [1.807, 2.05) is 9.80 Å². The van der Waals surface area contributed by atoms with Crippen LogP contribution >= 0.6 is 0 Å². The predicted octanol–water partition coefficient (Wildman–Crippen LogP) is 0.585. The van der Waals surface area contributed by atoms with Gasteiger partial charge in [0.15, 0.2) is 0 Å². The van der Waals surface area contributed by atoms with Gasteiger partial charge in [0.2, 0.25) is 0 Å². The third-order valence-electron chi connectivity index (χ3n) is 3.48. The van der Waals surface area contributed by atoms with Crippen molar-refractivity contribution in [3.05, 3.63) is 28.4 Å². The maximum Gasteiger partial charge on any atom is 0.320 e. The molecule has 0 amide bonds. The molecule has 20 heavy (non-hydrogen) atoms. The highest BCUT2D eigenvalue weighted by atomic mass is 16.6. The molecular formula is C12H16N4O4. The van der Waals surface area contributed by atoms with E-state index in [0.29, 0.717) is 32.0 Å². The van der Waals surface area contributed by atoms with Crippen molar-refractivity contribution in [1.82, 2.24) is 9.88 Å². The number of nitrogens with zero attached hydrogens (tertiary/aromatic N) is 4. The molecule has 2 heterocycles. The second-order valence-electron chi connectivity index (χ2n) is 4.67. The van der Waals surface area contributed by atoms with Crippen LogP contribution in [0.3, 0.4) is 0 Å². The highest BCUT2D eigenvalue weighted by Gasteiger charge is 2.26. The van der Waals surface area contributed by atoms with E-state index in [2.05, 4.69) is 4.98 Å². The molecule has 1 aliphatic heterocycles. The van der Waals surface area contributed by atoms with Gasteiger partial charge in [0.05, 0.1) is 11.0 Å². The molecule has 1 atom stereocenters. The number of aromatic nitrogens is 1. The van der Waals surface area contributed by atoms with Crippen LogP contribution < -0.4 is 4.90 Å². The van der Waals surface area contributed by atoms with Crippen LogP contribution in [0.4, 0.5) is 11.5 Å². The Morgan fingerprint density at radius 2 is 2.10 bits per heavy atom. The molecule has 8 nitrogen and oxygen atoms in total. The Kier molecular flexibility index (Phi) is 4.14. The largest absolute Gasteiger partial charge is 0.480 e. The normalized spacial score (nSPS) is 17.8. The van der Waals surface area contributed by atoms with Gasteiger partial charge in [0.1, 0.15) is 11.9 Å². The predicted molar refractivity (Wildman–Crippen MR) is 71.8 cm³/mol. The minimum Gasteiger partial charge on any atom is -0.480 e. The third kappa shape index (κ3) is 3.02. The molecule has 0 saturated carbocycles. The van der Waals surface area contributed by atoms with Crippen LogP contribution in [0.25, 0.3) is 0 Å². The van der Waals surface area contributed by atoms with Crippen molar-refractivity contribution in [2.75, 3.05) is 31.1 Å². The summed E-state index contributed by atoms with van der Waals surface area (Å²) in [5, 5.41) is 19.7. The average molecular weight is 280 g/mol. The quantitative estimate of drug-likeness (QED) is 0.636. The number of hydrogen-bond donors (Lipinski definition) is 1. The highest BCUT2D eigenvalue weighted by molar-refractivity contribution is 5.72. The van der Waals surface area contributed by atoms with Gasteiger partial charge in [0, 0.05) is 38.4 Å². The van der Waals surface area contributed by atoms with E-state index in [1.165, 1.54) is 18.3 Å². The lowest BCUT2D eigenvalue weighted by molar-refractivity contribution is -0.384. The lowest BCUT2D eigenvalue weighted by atomic mass is 10.2. The number of carboxylic acid groups (broad SMARTS) is 1. The number of rotatable bonds is 4. The lowest BCUT2D eigenvalue weighted by Crippen LogP contribution is -2.51. The first kappa shape index (κ1) is 14.2. The lowest BCUT2D eigenvalue weighted by Gasteiger charge is -2.37. The molecule has 1 aromatic rings. The first-order chi connectivity index (χ1) is 9.49. The van der Waals surface area contributed by atoms with Gasteiger partial charge in [-0.3, -0.25) is 19.8 Å². The van der Waals surface area contributed by atoms with Crippen LogP contribution in [0.1, 0.15) is 6.92 Å². The number of aliphatic carboxylic acids is 1. The molecule has 1 unspecified atom stereocenters. The van der Waals surface area contributed by atoms with E-state index in [4.69, 9.17) is 5.11 Å². The molecule has 2 rings (SSSR count). The van der Waals surface area contributed by atoms with Crippen molar-refractivity contribution in [2.45, 2.75) is 13.0 Å². The molecule has 1 saturated heterocycles. The zero-order valence-corrected chi connectivity index (χ0v) is 11.1. The van der Waals surface area contributed by atoms with Crippen LogP contribution in [0.15, 0.2) is 18.3 Å². The summed E-state index contributed by atoms with van der Waals surface area (Å²) >= 11 is 0. The Labute approximate surface area is 115 Å². The van der Waals surface area contributed by atoms with Gasteiger partial charge in [0.25, 0.3) is 5.69 Å². The van der Waals surface area contributed by atoms with Crippen molar-refractivity contribution in [3.8, 4) is 0 Å². The van der Waals surface area contributed by atoms with Crippen LogP contribution in [0, 0.1) is 10.1 Å². The summed E-state index contributed by atoms with van der Waals surface area (Å²) in [6.07, 6.45) is 1.42. The molecule has 8 heteroatoms. The zero-order chi connectivity index (χ0) is 14.7. The molecule has 1 N–H and O–H groups in total. The summed E-state index contributed by atoms with van der Waals surface area (Å²) in [5.74, 6) is -0.284. The van der Waals surface area contributed by atoms with Crippen molar-refractivity contribution in [3.63, 3.8) is 0 Å². The standard InChI is InChI=1S/C12H16N4O4/c1-9(12(17)18)14-4-6-15(7-5-14)11-8-10(16(19)20)2-3-13-11/h2-3,8-9H,4-7H2,1H3,(H,17,18). The first-order valence-corrected chi connectivity index (χ1v) is 6.31. The van der Waals surface area contributed by atoms with Gasteiger partial charge in [-0.15, -0.1) is 0 Å². The monoisotopic (exact) mass is 280 g/mol. The fourth-order valence-corrected chi connectivity index (χ4v) is 2.19. The molecule has 0 bridgehead atoms. The molecule has 1 aliphatic rings. The van der Waals surface area contributed by atoms with E-state index in [0.717, 1.165) is 0 Å². The van der Waals surface area contributed by atoms with Crippen molar-refractivity contribution in [1.29, 1.82) is 0 Å². The molecule has 0 aromatic carbocycles. The maximum atomic E-state index is 10.9. The Morgan fingerprint density at radius 3 is 2.65 bits per heavy atom. The summed E-state index contributed by atoms with van der Waals surface area (Å²) in [6.45, 7) is 4.05. The van der Waals surface area contributed by atoms with E-state index >= 15 is 0 Å². The third-order valence-corrected chi connectivity index (χ3v) is 3.48. The topological polar surface area (TPSA) is 99.8 Å². The fraction of sp³-hybridized carbons (Fsp3) is 0.500. The van der Waals surface area contributed by atoms with Crippen LogP contribution in [-0.4, -0.2) is 58.1 Å². The van der Waals surface area contributed by atoms with Gasteiger partial charge in [-0.25, -0.2) is 4.98 Å². The Morgan fingerprint density at radius 1 is 1.45 bits per heavy atom. The Hall–Kier alpha value is -2.22. The Balaban J connectivity index is 2.02. The van der Waals surface area contributed by atoms with Gasteiger partial charge in [-0.05, 0) is 6.92 Å². The van der Waals surface area contributed by atoms with E-state index in [1.54, 1.807) is 6.92 Å². The number of pyridine rings is 1. The molecule has 0 aliphatic carbocycles. The molecule has 1 aromatic heterocycles. The highest BCUT2D eigenvalue weighted by Crippen LogP contribution is 2.19. The van der Waals surface area contributed by atoms with Crippen molar-refractivity contribution in [2.24, 2.45) is 0 Å². The second kappa shape index (κ2) is 5.83. The molecule has 108 valence electrons. The molecule has 0 spiro atoms. The van der Waals surface area contributed by atoms with Crippen LogP contribution in [0.5, 0.6) is 0 Å². The minimum absolute atomic E-state index is 0.0105. The van der Waals surface area contributed by atoms with Crippen LogP contribution in [-0.2, 0) is 4.79 Å². The van der Waals surface area contributed by atoms with Gasteiger partial charge in [-0.2, -0.15) is 0 Å². The van der Waals surface area contributed by atoms with Crippen molar-refractivity contribution >= 4 is 17.5 Å².